The fourth-order valence-corrected chi connectivity index (χ4v) is 1.39. The Balaban J connectivity index is 2.21. The molecule has 6 heteroatoms. The normalized spacial score (nSPS) is 17.1. The largest absolute Gasteiger partial charge is 0.378 e. The van der Waals surface area contributed by atoms with Crippen molar-refractivity contribution in [2.75, 3.05) is 31.2 Å². The average Bonchev–Trinajstić information content (AvgIpc) is 2.67. The third kappa shape index (κ3) is 1.60. The van der Waals surface area contributed by atoms with E-state index in [0.29, 0.717) is 37.8 Å². The van der Waals surface area contributed by atoms with Gasteiger partial charge in [-0.1, -0.05) is 0 Å². The molecular formula is C8H11N3O3. The highest BCUT2D eigenvalue weighted by Gasteiger charge is 2.22. The van der Waals surface area contributed by atoms with E-state index in [1.54, 1.807) is 0 Å². The fourth-order valence-electron chi connectivity index (χ4n) is 1.39. The Morgan fingerprint density at radius 1 is 1.36 bits per heavy atom. The molecule has 1 aromatic heterocycles. The van der Waals surface area contributed by atoms with Crippen LogP contribution in [0.15, 0.2) is 4.63 Å². The molecule has 14 heavy (non-hydrogen) atoms. The number of ketones is 1. The van der Waals surface area contributed by atoms with Crippen LogP contribution in [0.5, 0.6) is 0 Å². The molecule has 1 aromatic rings. The minimum Gasteiger partial charge on any atom is -0.378 e. The number of Topliss-reactive ketones (excluding diaryl/α,β-unsaturated/α-hetero) is 1. The van der Waals surface area contributed by atoms with Crippen molar-refractivity contribution in [2.24, 2.45) is 0 Å². The second-order valence-corrected chi connectivity index (χ2v) is 3.09. The van der Waals surface area contributed by atoms with Crippen LogP contribution in [0.25, 0.3) is 0 Å². The molecule has 0 amide bonds. The van der Waals surface area contributed by atoms with Gasteiger partial charge in [0.05, 0.1) is 13.2 Å². The van der Waals surface area contributed by atoms with Crippen LogP contribution in [0.3, 0.4) is 0 Å². The molecule has 0 aromatic carbocycles. The molecule has 0 bridgehead atoms. The maximum atomic E-state index is 11.1. The summed E-state index contributed by atoms with van der Waals surface area (Å²) in [6, 6.07) is 0. The van der Waals surface area contributed by atoms with Gasteiger partial charge in [-0.2, -0.15) is 0 Å². The Bertz CT molecular complexity index is 330. The van der Waals surface area contributed by atoms with Crippen LogP contribution >= 0.6 is 0 Å². The Morgan fingerprint density at radius 2 is 2.07 bits per heavy atom. The van der Waals surface area contributed by atoms with Crippen LogP contribution in [0, 0.1) is 0 Å². The zero-order chi connectivity index (χ0) is 9.97. The smallest absolute Gasteiger partial charge is 0.204 e. The number of carbonyl (C=O) groups is 1. The van der Waals surface area contributed by atoms with Gasteiger partial charge in [-0.3, -0.25) is 4.79 Å². The SMILES string of the molecule is CC(=O)c1nonc1N1CCOCC1. The molecule has 2 rings (SSSR count). The molecule has 2 heterocycles. The Hall–Kier alpha value is -1.43. The first kappa shape index (κ1) is 9.14. The van der Waals surface area contributed by atoms with Crippen LogP contribution in [0.2, 0.25) is 0 Å². The van der Waals surface area contributed by atoms with Crippen molar-refractivity contribution in [3.63, 3.8) is 0 Å². The van der Waals surface area contributed by atoms with Crippen molar-refractivity contribution >= 4 is 11.6 Å². The van der Waals surface area contributed by atoms with Gasteiger partial charge in [0.1, 0.15) is 0 Å². The van der Waals surface area contributed by atoms with Crippen LogP contribution in [-0.4, -0.2) is 42.4 Å². The zero-order valence-electron chi connectivity index (χ0n) is 7.89. The van der Waals surface area contributed by atoms with Crippen molar-refractivity contribution in [3.8, 4) is 0 Å². The van der Waals surface area contributed by atoms with Gasteiger partial charge in [-0.15, -0.1) is 0 Å². The molecule has 1 aliphatic heterocycles. The summed E-state index contributed by atoms with van der Waals surface area (Å²) in [6.07, 6.45) is 0. The van der Waals surface area contributed by atoms with E-state index in [0.717, 1.165) is 0 Å². The number of rotatable bonds is 2. The highest BCUT2D eigenvalue weighted by Crippen LogP contribution is 2.17. The van der Waals surface area contributed by atoms with Gasteiger partial charge in [-0.25, -0.2) is 4.63 Å². The summed E-state index contributed by atoms with van der Waals surface area (Å²) in [5.74, 6) is 0.397. The van der Waals surface area contributed by atoms with E-state index < -0.39 is 0 Å². The zero-order valence-corrected chi connectivity index (χ0v) is 7.89. The molecule has 1 saturated heterocycles. The average molecular weight is 197 g/mol. The topological polar surface area (TPSA) is 68.5 Å². The van der Waals surface area contributed by atoms with E-state index in [9.17, 15) is 4.79 Å². The second kappa shape index (κ2) is 3.75. The molecule has 1 fully saturated rings. The van der Waals surface area contributed by atoms with E-state index in [4.69, 9.17) is 4.74 Å². The monoisotopic (exact) mass is 197 g/mol. The minimum atomic E-state index is -0.132. The molecule has 0 radical (unpaired) electrons. The number of hydrogen-bond donors (Lipinski definition) is 0. The Morgan fingerprint density at radius 3 is 2.71 bits per heavy atom. The lowest BCUT2D eigenvalue weighted by atomic mass is 10.3. The lowest BCUT2D eigenvalue weighted by Crippen LogP contribution is -2.37. The lowest BCUT2D eigenvalue weighted by Gasteiger charge is -2.26. The summed E-state index contributed by atoms with van der Waals surface area (Å²) < 4.78 is 9.75. The number of anilines is 1. The summed E-state index contributed by atoms with van der Waals surface area (Å²) in [7, 11) is 0. The highest BCUT2D eigenvalue weighted by molar-refractivity contribution is 5.96. The van der Waals surface area contributed by atoms with Crippen molar-refractivity contribution in [1.29, 1.82) is 0 Å². The van der Waals surface area contributed by atoms with Crippen LogP contribution in [0.1, 0.15) is 17.4 Å². The van der Waals surface area contributed by atoms with E-state index in [1.807, 2.05) is 4.90 Å². The van der Waals surface area contributed by atoms with Gasteiger partial charge in [0.15, 0.2) is 11.5 Å². The number of nitrogens with zero attached hydrogens (tertiary/aromatic N) is 3. The predicted molar refractivity (Wildman–Crippen MR) is 47.3 cm³/mol. The molecule has 0 aliphatic carbocycles. The quantitative estimate of drug-likeness (QED) is 0.627. The predicted octanol–water partition coefficient (Wildman–Crippen LogP) is 0.109. The summed E-state index contributed by atoms with van der Waals surface area (Å²) in [5.41, 5.74) is 0.298. The highest BCUT2D eigenvalue weighted by atomic mass is 16.6. The van der Waals surface area contributed by atoms with Crippen molar-refractivity contribution < 1.29 is 14.2 Å². The van der Waals surface area contributed by atoms with Gasteiger partial charge in [-0.05, 0) is 10.3 Å². The molecular weight excluding hydrogens is 186 g/mol. The molecule has 0 N–H and O–H groups in total. The summed E-state index contributed by atoms with van der Waals surface area (Å²) >= 11 is 0. The van der Waals surface area contributed by atoms with Gasteiger partial charge in [0.25, 0.3) is 0 Å². The third-order valence-corrected chi connectivity index (χ3v) is 2.12. The van der Waals surface area contributed by atoms with Gasteiger partial charge < -0.3 is 9.64 Å². The Labute approximate surface area is 80.8 Å². The first-order valence-electron chi connectivity index (χ1n) is 4.45. The lowest BCUT2D eigenvalue weighted by molar-refractivity contribution is 0.100. The first-order valence-corrected chi connectivity index (χ1v) is 4.45. The number of carbonyl (C=O) groups excluding carboxylic acids is 1. The second-order valence-electron chi connectivity index (χ2n) is 3.09. The maximum absolute atomic E-state index is 11.1. The molecule has 0 saturated carbocycles. The van der Waals surface area contributed by atoms with Crippen LogP contribution in [-0.2, 0) is 4.74 Å². The minimum absolute atomic E-state index is 0.132. The molecule has 0 spiro atoms. The number of ether oxygens (including phenoxy) is 1. The van der Waals surface area contributed by atoms with Gasteiger partial charge >= 0.3 is 0 Å². The maximum Gasteiger partial charge on any atom is 0.204 e. The van der Waals surface area contributed by atoms with Gasteiger partial charge in [0, 0.05) is 20.0 Å². The molecule has 6 nitrogen and oxygen atoms in total. The number of aromatic nitrogens is 2. The van der Waals surface area contributed by atoms with Crippen molar-refractivity contribution in [1.82, 2.24) is 10.3 Å². The fraction of sp³-hybridized carbons (Fsp3) is 0.625. The van der Waals surface area contributed by atoms with Crippen molar-refractivity contribution in [3.05, 3.63) is 5.69 Å². The van der Waals surface area contributed by atoms with E-state index >= 15 is 0 Å². The van der Waals surface area contributed by atoms with E-state index in [1.165, 1.54) is 6.92 Å². The van der Waals surface area contributed by atoms with Crippen molar-refractivity contribution in [2.45, 2.75) is 6.92 Å². The van der Waals surface area contributed by atoms with Crippen LogP contribution in [0.4, 0.5) is 5.82 Å². The Kier molecular flexibility index (Phi) is 2.45. The summed E-state index contributed by atoms with van der Waals surface area (Å²) in [4.78, 5) is 13.1. The number of morpholine rings is 1. The van der Waals surface area contributed by atoms with E-state index in [2.05, 4.69) is 14.9 Å². The third-order valence-electron chi connectivity index (χ3n) is 2.12. The molecule has 76 valence electrons. The molecule has 0 atom stereocenters. The standard InChI is InChI=1S/C8H11N3O3/c1-6(12)7-8(10-14-9-7)11-2-4-13-5-3-11/h2-5H2,1H3. The molecule has 0 unspecified atom stereocenters. The van der Waals surface area contributed by atoms with Crippen LogP contribution < -0.4 is 4.90 Å². The summed E-state index contributed by atoms with van der Waals surface area (Å²) in [6.45, 7) is 4.17. The van der Waals surface area contributed by atoms with E-state index in [-0.39, 0.29) is 5.78 Å². The number of hydrogen-bond acceptors (Lipinski definition) is 6. The molecule has 1 aliphatic rings. The summed E-state index contributed by atoms with van der Waals surface area (Å²) in [5, 5.41) is 7.30. The van der Waals surface area contributed by atoms with Gasteiger partial charge in [0.2, 0.25) is 5.82 Å². The first-order chi connectivity index (χ1) is 6.79.